The molecule has 8 nitrogen and oxygen atoms in total. The molecule has 0 spiro atoms. The number of nitrogens with one attached hydrogen (secondary N) is 3. The normalized spacial score (nSPS) is 13.7. The third kappa shape index (κ3) is 5.50. The van der Waals surface area contributed by atoms with E-state index in [-0.39, 0.29) is 16.8 Å². The Morgan fingerprint density at radius 1 is 0.811 bits per heavy atom. The number of benzene rings is 3. The third-order valence-corrected chi connectivity index (χ3v) is 6.57. The molecule has 3 N–H and O–H groups in total. The number of allylic oxidation sites excluding steroid dienone is 2. The molecule has 0 unspecified atom stereocenters. The van der Waals surface area contributed by atoms with Gasteiger partial charge in [-0.1, -0.05) is 59.6 Å². The summed E-state index contributed by atoms with van der Waals surface area (Å²) in [7, 11) is 0. The number of halogens is 2. The van der Waals surface area contributed by atoms with Gasteiger partial charge < -0.3 is 16.0 Å². The van der Waals surface area contributed by atoms with Crippen LogP contribution in [0.3, 0.4) is 0 Å². The number of nitrogens with zero attached hydrogens (tertiary/aromatic N) is 1. The van der Waals surface area contributed by atoms with Crippen molar-refractivity contribution >= 4 is 52.1 Å². The summed E-state index contributed by atoms with van der Waals surface area (Å²) < 4.78 is 0. The first-order chi connectivity index (χ1) is 17.7. The van der Waals surface area contributed by atoms with Gasteiger partial charge in [0.25, 0.3) is 17.5 Å². The third-order valence-electron chi connectivity index (χ3n) is 5.91. The van der Waals surface area contributed by atoms with Crippen molar-refractivity contribution in [2.24, 2.45) is 0 Å². The molecule has 1 aliphatic heterocycles. The molecular weight excluding hydrogens is 515 g/mol. The summed E-state index contributed by atoms with van der Waals surface area (Å²) in [6, 6.07) is 19.4. The number of nitro groups is 1. The molecule has 1 aliphatic rings. The summed E-state index contributed by atoms with van der Waals surface area (Å²) in [6.45, 7) is 3.41. The van der Waals surface area contributed by atoms with Crippen LogP contribution in [-0.2, 0) is 9.59 Å². The van der Waals surface area contributed by atoms with Crippen molar-refractivity contribution in [2.45, 2.75) is 19.8 Å². The Morgan fingerprint density at radius 2 is 1.30 bits per heavy atom. The van der Waals surface area contributed by atoms with Crippen molar-refractivity contribution in [2.75, 3.05) is 10.6 Å². The van der Waals surface area contributed by atoms with Crippen LogP contribution in [0.5, 0.6) is 0 Å². The number of rotatable bonds is 6. The van der Waals surface area contributed by atoms with Crippen LogP contribution >= 0.6 is 23.2 Å². The Morgan fingerprint density at radius 3 is 1.76 bits per heavy atom. The van der Waals surface area contributed by atoms with Crippen LogP contribution in [0.1, 0.15) is 25.3 Å². The van der Waals surface area contributed by atoms with Gasteiger partial charge in [0.15, 0.2) is 0 Å². The Hall–Kier alpha value is -4.14. The van der Waals surface area contributed by atoms with Crippen LogP contribution in [0.25, 0.3) is 0 Å². The zero-order chi connectivity index (χ0) is 26.7. The average Bonchev–Trinajstić information content (AvgIpc) is 2.86. The molecule has 0 bridgehead atoms. The molecule has 0 fully saturated rings. The van der Waals surface area contributed by atoms with Crippen molar-refractivity contribution < 1.29 is 14.5 Å². The average molecular weight is 537 g/mol. The van der Waals surface area contributed by atoms with Gasteiger partial charge in [-0.25, -0.2) is 0 Å². The SMILES string of the molecule is CC1=C(C(=O)Nc2ccccc2Cl)C(c2cccc([N+](=O)[O-])c2)C(C(=O)Nc2ccccc2Cl)=C(C)N1. The predicted octanol–water partition coefficient (Wildman–Crippen LogP) is 6.41. The van der Waals surface area contributed by atoms with Gasteiger partial charge in [0.05, 0.1) is 26.3 Å². The monoisotopic (exact) mass is 536 g/mol. The van der Waals surface area contributed by atoms with E-state index >= 15 is 0 Å². The fourth-order valence-corrected chi connectivity index (χ4v) is 4.62. The van der Waals surface area contributed by atoms with Gasteiger partial charge in [0.1, 0.15) is 0 Å². The van der Waals surface area contributed by atoms with Gasteiger partial charge in [-0.05, 0) is 43.7 Å². The number of amides is 2. The van der Waals surface area contributed by atoms with E-state index in [9.17, 15) is 19.7 Å². The number of dihydropyridines is 1. The second kappa shape index (κ2) is 10.9. The summed E-state index contributed by atoms with van der Waals surface area (Å²) in [6.07, 6.45) is 0. The van der Waals surface area contributed by atoms with E-state index in [4.69, 9.17) is 23.2 Å². The smallest absolute Gasteiger partial charge is 0.269 e. The largest absolute Gasteiger partial charge is 0.362 e. The molecular formula is C27H22Cl2N4O4. The molecule has 0 radical (unpaired) electrons. The van der Waals surface area contributed by atoms with Crippen LogP contribution in [0.4, 0.5) is 17.1 Å². The van der Waals surface area contributed by atoms with Gasteiger partial charge >= 0.3 is 0 Å². The fraction of sp³-hybridized carbons (Fsp3) is 0.111. The van der Waals surface area contributed by atoms with Crippen molar-refractivity contribution in [3.8, 4) is 0 Å². The maximum Gasteiger partial charge on any atom is 0.269 e. The van der Waals surface area contributed by atoms with E-state index in [1.807, 2.05) is 0 Å². The quantitative estimate of drug-likeness (QED) is 0.248. The Labute approximate surface area is 223 Å². The van der Waals surface area contributed by atoms with Crippen LogP contribution in [0.2, 0.25) is 10.0 Å². The summed E-state index contributed by atoms with van der Waals surface area (Å²) in [5.74, 6) is -1.94. The van der Waals surface area contributed by atoms with Crippen molar-refractivity contribution in [1.82, 2.24) is 5.32 Å². The highest BCUT2D eigenvalue weighted by Gasteiger charge is 2.37. The van der Waals surface area contributed by atoms with Gasteiger partial charge in [-0.15, -0.1) is 0 Å². The molecule has 0 atom stereocenters. The minimum absolute atomic E-state index is 0.164. The summed E-state index contributed by atoms with van der Waals surface area (Å²) in [5.41, 5.74) is 2.44. The summed E-state index contributed by atoms with van der Waals surface area (Å²) in [4.78, 5) is 38.3. The zero-order valence-electron chi connectivity index (χ0n) is 19.8. The molecule has 3 aromatic carbocycles. The summed E-state index contributed by atoms with van der Waals surface area (Å²) >= 11 is 12.5. The lowest BCUT2D eigenvalue weighted by Gasteiger charge is -2.31. The first-order valence-electron chi connectivity index (χ1n) is 11.2. The minimum Gasteiger partial charge on any atom is -0.362 e. The Kier molecular flexibility index (Phi) is 7.61. The van der Waals surface area contributed by atoms with Crippen LogP contribution < -0.4 is 16.0 Å². The van der Waals surface area contributed by atoms with E-state index in [1.54, 1.807) is 68.4 Å². The predicted molar refractivity (Wildman–Crippen MR) is 145 cm³/mol. The number of nitro benzene ring substituents is 1. The summed E-state index contributed by atoms with van der Waals surface area (Å²) in [5, 5.41) is 20.9. The molecule has 2 amide bonds. The van der Waals surface area contributed by atoms with Gasteiger partial charge in [-0.3, -0.25) is 19.7 Å². The van der Waals surface area contributed by atoms with Crippen molar-refractivity contribution in [3.05, 3.63) is 121 Å². The highest BCUT2D eigenvalue weighted by atomic mass is 35.5. The number of carbonyl (C=O) groups excluding carboxylic acids is 2. The van der Waals surface area contributed by atoms with E-state index in [2.05, 4.69) is 16.0 Å². The Balaban J connectivity index is 1.82. The van der Waals surface area contributed by atoms with Gasteiger partial charge in [0.2, 0.25) is 0 Å². The molecule has 188 valence electrons. The van der Waals surface area contributed by atoms with Crippen LogP contribution in [-0.4, -0.2) is 16.7 Å². The highest BCUT2D eigenvalue weighted by molar-refractivity contribution is 6.34. The van der Waals surface area contributed by atoms with E-state index < -0.39 is 22.7 Å². The molecule has 0 saturated heterocycles. The maximum atomic E-state index is 13.6. The molecule has 4 rings (SSSR count). The van der Waals surface area contributed by atoms with Crippen molar-refractivity contribution in [3.63, 3.8) is 0 Å². The van der Waals surface area contributed by atoms with E-state index in [0.29, 0.717) is 38.4 Å². The van der Waals surface area contributed by atoms with Gasteiger partial charge in [0, 0.05) is 40.6 Å². The number of non-ortho nitro benzene ring substituents is 1. The number of anilines is 2. The van der Waals surface area contributed by atoms with E-state index in [1.165, 1.54) is 18.2 Å². The van der Waals surface area contributed by atoms with Crippen molar-refractivity contribution in [1.29, 1.82) is 0 Å². The maximum absolute atomic E-state index is 13.6. The lowest BCUT2D eigenvalue weighted by Crippen LogP contribution is -2.35. The molecule has 1 heterocycles. The van der Waals surface area contributed by atoms with Gasteiger partial charge in [-0.2, -0.15) is 0 Å². The second-order valence-electron chi connectivity index (χ2n) is 8.36. The zero-order valence-corrected chi connectivity index (χ0v) is 21.4. The number of para-hydroxylation sites is 2. The highest BCUT2D eigenvalue weighted by Crippen LogP contribution is 2.40. The standard InChI is InChI=1S/C27H22Cl2N4O4/c1-15-23(26(34)31-21-12-5-3-10-19(21)28)25(17-8-7-9-18(14-17)33(36)37)24(16(2)30-15)27(35)32-22-13-6-4-11-20(22)29/h3-14,25,30H,1-2H3,(H,31,34)(H,32,35). The first kappa shape index (κ1) is 25.9. The minimum atomic E-state index is -0.925. The Bertz CT molecular complexity index is 1400. The molecule has 0 saturated carbocycles. The van der Waals surface area contributed by atoms with E-state index in [0.717, 1.165) is 0 Å². The number of carbonyl (C=O) groups is 2. The second-order valence-corrected chi connectivity index (χ2v) is 9.17. The molecule has 10 heteroatoms. The number of hydrogen-bond donors (Lipinski definition) is 3. The molecule has 3 aromatic rings. The first-order valence-corrected chi connectivity index (χ1v) is 12.0. The fourth-order valence-electron chi connectivity index (χ4n) is 4.25. The lowest BCUT2D eigenvalue weighted by atomic mass is 9.79. The van der Waals surface area contributed by atoms with Crippen LogP contribution in [0.15, 0.2) is 95.3 Å². The van der Waals surface area contributed by atoms with Crippen LogP contribution in [0, 0.1) is 10.1 Å². The lowest BCUT2D eigenvalue weighted by molar-refractivity contribution is -0.384. The molecule has 0 aromatic heterocycles. The topological polar surface area (TPSA) is 113 Å². The number of hydrogen-bond acceptors (Lipinski definition) is 5. The molecule has 37 heavy (non-hydrogen) atoms. The molecule has 0 aliphatic carbocycles.